The number of nitrogens with two attached hydrogens (primary N) is 1. The Morgan fingerprint density at radius 3 is 2.56 bits per heavy atom. The normalized spacial score (nSPS) is 10.3. The summed E-state index contributed by atoms with van der Waals surface area (Å²) in [5.41, 5.74) is 7.20. The third-order valence-electron chi connectivity index (χ3n) is 2.39. The molecule has 0 aliphatic rings. The molecule has 18 heavy (non-hydrogen) atoms. The minimum absolute atomic E-state index is 0.128. The Morgan fingerprint density at radius 2 is 1.89 bits per heavy atom. The number of benzene rings is 1. The summed E-state index contributed by atoms with van der Waals surface area (Å²) in [7, 11) is 0. The van der Waals surface area contributed by atoms with Crippen LogP contribution in [0.1, 0.15) is 5.56 Å². The van der Waals surface area contributed by atoms with Gasteiger partial charge in [-0.25, -0.2) is 0 Å². The standard InChI is InChI=1S/C13H13ClN2O2/c14-12-6-5-11(15)13(16-12)18-10-3-1-9(2-4-10)7-8-17/h1-6,17H,7-8,15H2. The van der Waals surface area contributed by atoms with E-state index in [1.807, 2.05) is 12.1 Å². The molecule has 1 aromatic heterocycles. The van der Waals surface area contributed by atoms with Gasteiger partial charge < -0.3 is 15.6 Å². The molecular weight excluding hydrogens is 252 g/mol. The van der Waals surface area contributed by atoms with Crippen molar-refractivity contribution in [2.24, 2.45) is 0 Å². The van der Waals surface area contributed by atoms with Crippen LogP contribution in [0.2, 0.25) is 5.15 Å². The van der Waals surface area contributed by atoms with Crippen LogP contribution >= 0.6 is 11.6 Å². The molecule has 4 nitrogen and oxygen atoms in total. The van der Waals surface area contributed by atoms with Crippen molar-refractivity contribution < 1.29 is 9.84 Å². The lowest BCUT2D eigenvalue weighted by Gasteiger charge is -2.08. The Balaban J connectivity index is 2.15. The molecule has 2 aromatic rings. The van der Waals surface area contributed by atoms with E-state index in [1.54, 1.807) is 24.3 Å². The van der Waals surface area contributed by atoms with Gasteiger partial charge in [0.05, 0.1) is 5.69 Å². The Kier molecular flexibility index (Phi) is 4.02. The fourth-order valence-electron chi connectivity index (χ4n) is 1.48. The van der Waals surface area contributed by atoms with Gasteiger partial charge in [0.2, 0.25) is 5.88 Å². The number of aliphatic hydroxyl groups is 1. The molecule has 0 amide bonds. The lowest BCUT2D eigenvalue weighted by Crippen LogP contribution is -1.95. The van der Waals surface area contributed by atoms with Crippen molar-refractivity contribution in [3.8, 4) is 11.6 Å². The lowest BCUT2D eigenvalue weighted by atomic mass is 10.1. The first-order valence-electron chi connectivity index (χ1n) is 5.48. The van der Waals surface area contributed by atoms with Crippen molar-refractivity contribution in [1.29, 1.82) is 0 Å². The zero-order valence-corrected chi connectivity index (χ0v) is 10.4. The van der Waals surface area contributed by atoms with Crippen LogP contribution in [0.15, 0.2) is 36.4 Å². The zero-order valence-electron chi connectivity index (χ0n) is 9.64. The summed E-state index contributed by atoms with van der Waals surface area (Å²) < 4.78 is 5.54. The van der Waals surface area contributed by atoms with Crippen LogP contribution in [-0.2, 0) is 6.42 Å². The molecule has 94 valence electrons. The molecule has 0 spiro atoms. The first-order valence-corrected chi connectivity index (χ1v) is 5.86. The van der Waals surface area contributed by atoms with E-state index in [9.17, 15) is 0 Å². The maximum absolute atomic E-state index is 8.82. The Hall–Kier alpha value is -1.78. The van der Waals surface area contributed by atoms with E-state index >= 15 is 0 Å². The number of aromatic nitrogens is 1. The van der Waals surface area contributed by atoms with Crippen molar-refractivity contribution in [1.82, 2.24) is 4.98 Å². The van der Waals surface area contributed by atoms with Crippen LogP contribution in [0.25, 0.3) is 0 Å². The van der Waals surface area contributed by atoms with E-state index in [-0.39, 0.29) is 12.5 Å². The maximum atomic E-state index is 8.82. The zero-order chi connectivity index (χ0) is 13.0. The highest BCUT2D eigenvalue weighted by Crippen LogP contribution is 2.26. The van der Waals surface area contributed by atoms with Gasteiger partial charge in [-0.3, -0.25) is 0 Å². The second-order valence-electron chi connectivity index (χ2n) is 3.75. The molecule has 0 unspecified atom stereocenters. The maximum Gasteiger partial charge on any atom is 0.244 e. The summed E-state index contributed by atoms with van der Waals surface area (Å²) in [4.78, 5) is 4.00. The minimum Gasteiger partial charge on any atom is -0.437 e. The Bertz CT molecular complexity index is 529. The van der Waals surface area contributed by atoms with Crippen molar-refractivity contribution in [3.63, 3.8) is 0 Å². The van der Waals surface area contributed by atoms with Gasteiger partial charge in [0, 0.05) is 6.61 Å². The van der Waals surface area contributed by atoms with E-state index in [1.165, 1.54) is 0 Å². The second kappa shape index (κ2) is 5.71. The number of anilines is 1. The van der Waals surface area contributed by atoms with Gasteiger partial charge in [-0.2, -0.15) is 4.98 Å². The highest BCUT2D eigenvalue weighted by Gasteiger charge is 2.05. The molecule has 0 bridgehead atoms. The average Bonchev–Trinajstić information content (AvgIpc) is 2.37. The van der Waals surface area contributed by atoms with E-state index in [4.69, 9.17) is 27.2 Å². The summed E-state index contributed by atoms with van der Waals surface area (Å²) >= 11 is 5.78. The van der Waals surface area contributed by atoms with E-state index in [2.05, 4.69) is 4.98 Å². The van der Waals surface area contributed by atoms with Crippen LogP contribution in [0.4, 0.5) is 5.69 Å². The van der Waals surface area contributed by atoms with Crippen molar-refractivity contribution in [3.05, 3.63) is 47.1 Å². The van der Waals surface area contributed by atoms with Crippen molar-refractivity contribution >= 4 is 17.3 Å². The number of nitrogen functional groups attached to an aromatic ring is 1. The molecule has 0 saturated heterocycles. The molecule has 1 heterocycles. The largest absolute Gasteiger partial charge is 0.437 e. The molecule has 0 fully saturated rings. The highest BCUT2D eigenvalue weighted by atomic mass is 35.5. The predicted molar refractivity (Wildman–Crippen MR) is 71.0 cm³/mol. The van der Waals surface area contributed by atoms with Crippen LogP contribution in [0.3, 0.4) is 0 Å². The van der Waals surface area contributed by atoms with Crippen LogP contribution in [-0.4, -0.2) is 16.7 Å². The summed E-state index contributed by atoms with van der Waals surface area (Å²) in [5.74, 6) is 0.913. The second-order valence-corrected chi connectivity index (χ2v) is 4.14. The molecule has 2 rings (SSSR count). The first-order chi connectivity index (χ1) is 8.69. The number of hydrogen-bond donors (Lipinski definition) is 2. The summed E-state index contributed by atoms with van der Waals surface area (Å²) in [6, 6.07) is 10.6. The predicted octanol–water partition coefficient (Wildman–Crippen LogP) is 2.64. The number of pyridine rings is 1. The molecule has 0 atom stereocenters. The number of hydrogen-bond acceptors (Lipinski definition) is 4. The first kappa shape index (κ1) is 12.7. The van der Waals surface area contributed by atoms with E-state index < -0.39 is 0 Å². The van der Waals surface area contributed by atoms with Gasteiger partial charge in [-0.05, 0) is 36.2 Å². The highest BCUT2D eigenvalue weighted by molar-refractivity contribution is 6.29. The number of aliphatic hydroxyl groups excluding tert-OH is 1. The van der Waals surface area contributed by atoms with Crippen LogP contribution in [0.5, 0.6) is 11.6 Å². The van der Waals surface area contributed by atoms with Crippen molar-refractivity contribution in [2.75, 3.05) is 12.3 Å². The molecule has 3 N–H and O–H groups in total. The van der Waals surface area contributed by atoms with Crippen molar-refractivity contribution in [2.45, 2.75) is 6.42 Å². The summed E-state index contributed by atoms with van der Waals surface area (Å²) in [6.45, 7) is 0.128. The molecular formula is C13H13ClN2O2. The molecule has 5 heteroatoms. The van der Waals surface area contributed by atoms with Crippen LogP contribution < -0.4 is 10.5 Å². The quantitative estimate of drug-likeness (QED) is 0.833. The SMILES string of the molecule is Nc1ccc(Cl)nc1Oc1ccc(CCO)cc1. The molecule has 0 aliphatic heterocycles. The molecule has 0 radical (unpaired) electrons. The number of rotatable bonds is 4. The topological polar surface area (TPSA) is 68.4 Å². The Labute approximate surface area is 110 Å². The summed E-state index contributed by atoms with van der Waals surface area (Å²) in [6.07, 6.45) is 0.623. The number of halogens is 1. The van der Waals surface area contributed by atoms with Gasteiger partial charge in [0.1, 0.15) is 10.9 Å². The lowest BCUT2D eigenvalue weighted by molar-refractivity contribution is 0.299. The van der Waals surface area contributed by atoms with Crippen LogP contribution in [0, 0.1) is 0 Å². The monoisotopic (exact) mass is 264 g/mol. The fraction of sp³-hybridized carbons (Fsp3) is 0.154. The molecule has 0 aliphatic carbocycles. The van der Waals surface area contributed by atoms with E-state index in [0.29, 0.717) is 23.0 Å². The average molecular weight is 265 g/mol. The summed E-state index contributed by atoms with van der Waals surface area (Å²) in [5, 5.41) is 9.15. The van der Waals surface area contributed by atoms with Gasteiger partial charge in [-0.15, -0.1) is 0 Å². The smallest absolute Gasteiger partial charge is 0.244 e. The number of nitrogens with zero attached hydrogens (tertiary/aromatic N) is 1. The van der Waals surface area contributed by atoms with Gasteiger partial charge >= 0.3 is 0 Å². The van der Waals surface area contributed by atoms with Gasteiger partial charge in [0.25, 0.3) is 0 Å². The third kappa shape index (κ3) is 3.12. The fourth-order valence-corrected chi connectivity index (χ4v) is 1.62. The van der Waals surface area contributed by atoms with Gasteiger partial charge in [-0.1, -0.05) is 23.7 Å². The number of ether oxygens (including phenoxy) is 1. The van der Waals surface area contributed by atoms with Gasteiger partial charge in [0.15, 0.2) is 0 Å². The van der Waals surface area contributed by atoms with E-state index in [0.717, 1.165) is 5.56 Å². The molecule has 0 saturated carbocycles. The third-order valence-corrected chi connectivity index (χ3v) is 2.60. The minimum atomic E-state index is 0.128. The Morgan fingerprint density at radius 1 is 1.17 bits per heavy atom. The molecule has 1 aromatic carbocycles.